The minimum atomic E-state index is -0.273. The fourth-order valence-corrected chi connectivity index (χ4v) is 5.26. The molecule has 0 aliphatic carbocycles. The molecule has 1 fully saturated rings. The van der Waals surface area contributed by atoms with Crippen LogP contribution in [0.1, 0.15) is 0 Å². The van der Waals surface area contributed by atoms with Gasteiger partial charge in [-0.25, -0.2) is 9.37 Å². The van der Waals surface area contributed by atoms with Gasteiger partial charge in [-0.1, -0.05) is 22.9 Å². The van der Waals surface area contributed by atoms with Crippen molar-refractivity contribution in [3.63, 3.8) is 0 Å². The van der Waals surface area contributed by atoms with Crippen LogP contribution in [-0.2, 0) is 4.79 Å². The van der Waals surface area contributed by atoms with Crippen LogP contribution in [0.15, 0.2) is 41.3 Å². The first-order valence-corrected chi connectivity index (χ1v) is 11.3. The Hall–Kier alpha value is -2.03. The largest absolute Gasteiger partial charge is 0.494 e. The van der Waals surface area contributed by atoms with Gasteiger partial charge in [0.05, 0.1) is 22.6 Å². The van der Waals surface area contributed by atoms with E-state index in [1.165, 1.54) is 23.9 Å². The summed E-state index contributed by atoms with van der Waals surface area (Å²) < 4.78 is 19.3. The first-order chi connectivity index (χ1) is 14.0. The number of methoxy groups -OCH3 is 1. The predicted molar refractivity (Wildman–Crippen MR) is 117 cm³/mol. The van der Waals surface area contributed by atoms with E-state index in [1.807, 2.05) is 17.0 Å². The Kier molecular flexibility index (Phi) is 6.12. The lowest BCUT2D eigenvalue weighted by molar-refractivity contribution is -0.128. The number of piperazine rings is 1. The number of anilines is 1. The number of thioether (sulfide) groups is 1. The van der Waals surface area contributed by atoms with E-state index in [2.05, 4.69) is 4.90 Å². The van der Waals surface area contributed by atoms with Crippen LogP contribution in [0.4, 0.5) is 9.52 Å². The summed E-state index contributed by atoms with van der Waals surface area (Å²) in [7, 11) is 1.62. The lowest BCUT2D eigenvalue weighted by atomic mass is 10.3. The molecule has 3 aromatic rings. The van der Waals surface area contributed by atoms with E-state index in [9.17, 15) is 9.18 Å². The zero-order valence-electron chi connectivity index (χ0n) is 15.7. The molecule has 0 saturated carbocycles. The van der Waals surface area contributed by atoms with Gasteiger partial charge in [0.2, 0.25) is 5.91 Å². The van der Waals surface area contributed by atoms with Crippen molar-refractivity contribution < 1.29 is 13.9 Å². The maximum absolute atomic E-state index is 13.0. The van der Waals surface area contributed by atoms with E-state index in [4.69, 9.17) is 21.3 Å². The summed E-state index contributed by atoms with van der Waals surface area (Å²) in [6.45, 7) is 2.71. The molecule has 2 heterocycles. The highest BCUT2D eigenvalue weighted by Gasteiger charge is 2.24. The first kappa shape index (κ1) is 20.3. The van der Waals surface area contributed by atoms with Crippen LogP contribution in [0, 0.1) is 5.82 Å². The number of thiazole rings is 1. The molecule has 0 radical (unpaired) electrons. The SMILES string of the molecule is COc1ccc(Cl)c2sc(N3CCN(C(=O)CSc4ccc(F)cc4)CC3)nc12. The summed E-state index contributed by atoms with van der Waals surface area (Å²) in [5.74, 6) is 0.872. The standard InChI is InChI=1S/C20H19ClFN3O2S2/c1-27-16-7-6-15(21)19-18(16)23-20(29-19)25-10-8-24(9-11-25)17(26)12-28-14-4-2-13(22)3-5-14/h2-7H,8-12H2,1H3. The van der Waals surface area contributed by atoms with Gasteiger partial charge in [0.15, 0.2) is 5.13 Å². The van der Waals surface area contributed by atoms with Gasteiger partial charge in [0, 0.05) is 31.1 Å². The molecule has 9 heteroatoms. The predicted octanol–water partition coefficient (Wildman–Crippen LogP) is 4.54. The highest BCUT2D eigenvalue weighted by Crippen LogP contribution is 2.38. The van der Waals surface area contributed by atoms with Crippen molar-refractivity contribution >= 4 is 56.0 Å². The van der Waals surface area contributed by atoms with Crippen molar-refractivity contribution in [1.82, 2.24) is 9.88 Å². The summed E-state index contributed by atoms with van der Waals surface area (Å²) in [5.41, 5.74) is 0.772. The number of ether oxygens (including phenoxy) is 1. The van der Waals surface area contributed by atoms with Crippen molar-refractivity contribution in [2.75, 3.05) is 43.9 Å². The fourth-order valence-electron chi connectivity index (χ4n) is 3.16. The number of hydrogen-bond acceptors (Lipinski definition) is 6. The Morgan fingerprint density at radius 3 is 2.62 bits per heavy atom. The Bertz CT molecular complexity index is 1020. The van der Waals surface area contributed by atoms with E-state index in [-0.39, 0.29) is 11.7 Å². The second kappa shape index (κ2) is 8.77. The number of hydrogen-bond donors (Lipinski definition) is 0. The number of carbonyl (C=O) groups excluding carboxylic acids is 1. The van der Waals surface area contributed by atoms with Gasteiger partial charge in [-0.3, -0.25) is 4.79 Å². The van der Waals surface area contributed by atoms with Gasteiger partial charge in [-0.15, -0.1) is 11.8 Å². The van der Waals surface area contributed by atoms with Crippen molar-refractivity contribution in [2.45, 2.75) is 4.90 Å². The molecule has 5 nitrogen and oxygen atoms in total. The third-order valence-electron chi connectivity index (χ3n) is 4.75. The average molecular weight is 452 g/mol. The number of fused-ring (bicyclic) bond motifs is 1. The Balaban J connectivity index is 1.36. The van der Waals surface area contributed by atoms with Crippen LogP contribution >= 0.6 is 34.7 Å². The normalized spacial score (nSPS) is 14.4. The first-order valence-electron chi connectivity index (χ1n) is 9.09. The number of halogens is 2. The number of amides is 1. The average Bonchev–Trinajstić information content (AvgIpc) is 3.20. The van der Waals surface area contributed by atoms with Crippen molar-refractivity contribution in [3.05, 3.63) is 47.2 Å². The zero-order chi connectivity index (χ0) is 20.4. The van der Waals surface area contributed by atoms with Crippen molar-refractivity contribution in [3.8, 4) is 5.75 Å². The molecule has 0 unspecified atom stereocenters. The maximum Gasteiger partial charge on any atom is 0.233 e. The molecule has 0 spiro atoms. The molecule has 1 aromatic heterocycles. The van der Waals surface area contributed by atoms with Gasteiger partial charge in [-0.2, -0.15) is 0 Å². The second-order valence-corrected chi connectivity index (χ2v) is 8.97. The van der Waals surface area contributed by atoms with Crippen LogP contribution < -0.4 is 9.64 Å². The van der Waals surface area contributed by atoms with E-state index < -0.39 is 0 Å². The molecule has 0 N–H and O–H groups in total. The van der Waals surface area contributed by atoms with E-state index in [1.54, 1.807) is 30.6 Å². The molecule has 29 heavy (non-hydrogen) atoms. The minimum absolute atomic E-state index is 0.0907. The van der Waals surface area contributed by atoms with Crippen LogP contribution in [0.2, 0.25) is 5.02 Å². The molecule has 1 saturated heterocycles. The van der Waals surface area contributed by atoms with Gasteiger partial charge in [0.1, 0.15) is 17.1 Å². The molecule has 152 valence electrons. The molecule has 1 aliphatic rings. The summed E-state index contributed by atoms with van der Waals surface area (Å²) >= 11 is 9.29. The van der Waals surface area contributed by atoms with Crippen LogP contribution in [0.25, 0.3) is 10.2 Å². The van der Waals surface area contributed by atoms with Gasteiger partial charge in [0.25, 0.3) is 0 Å². The summed E-state index contributed by atoms with van der Waals surface area (Å²) in [6.07, 6.45) is 0. The van der Waals surface area contributed by atoms with Gasteiger partial charge < -0.3 is 14.5 Å². The van der Waals surface area contributed by atoms with E-state index in [0.29, 0.717) is 42.7 Å². The van der Waals surface area contributed by atoms with Crippen LogP contribution in [-0.4, -0.2) is 54.8 Å². The molecule has 0 bridgehead atoms. The van der Waals surface area contributed by atoms with Gasteiger partial charge >= 0.3 is 0 Å². The lowest BCUT2D eigenvalue weighted by Gasteiger charge is -2.34. The number of nitrogens with zero attached hydrogens (tertiary/aromatic N) is 3. The highest BCUT2D eigenvalue weighted by molar-refractivity contribution is 8.00. The molecule has 1 aliphatic heterocycles. The maximum atomic E-state index is 13.0. The molecule has 0 atom stereocenters. The highest BCUT2D eigenvalue weighted by atomic mass is 35.5. The van der Waals surface area contributed by atoms with Gasteiger partial charge in [-0.05, 0) is 36.4 Å². The quantitative estimate of drug-likeness (QED) is 0.533. The third kappa shape index (κ3) is 4.44. The number of carbonyl (C=O) groups is 1. The summed E-state index contributed by atoms with van der Waals surface area (Å²) in [4.78, 5) is 22.2. The second-order valence-electron chi connectivity index (χ2n) is 6.53. The molecule has 1 amide bonds. The van der Waals surface area contributed by atoms with Crippen LogP contribution in [0.5, 0.6) is 5.75 Å². The van der Waals surface area contributed by atoms with E-state index >= 15 is 0 Å². The van der Waals surface area contributed by atoms with Crippen molar-refractivity contribution in [1.29, 1.82) is 0 Å². The van der Waals surface area contributed by atoms with Crippen molar-refractivity contribution in [2.24, 2.45) is 0 Å². The molecular formula is C20H19ClFN3O2S2. The van der Waals surface area contributed by atoms with E-state index in [0.717, 1.165) is 20.2 Å². The molecule has 4 rings (SSSR count). The number of benzene rings is 2. The Morgan fingerprint density at radius 2 is 1.93 bits per heavy atom. The minimum Gasteiger partial charge on any atom is -0.494 e. The summed E-state index contributed by atoms with van der Waals surface area (Å²) in [5, 5.41) is 1.55. The zero-order valence-corrected chi connectivity index (χ0v) is 18.1. The van der Waals surface area contributed by atoms with Crippen LogP contribution in [0.3, 0.4) is 0 Å². The topological polar surface area (TPSA) is 45.7 Å². The Labute approximate surface area is 181 Å². The lowest BCUT2D eigenvalue weighted by Crippen LogP contribution is -2.49. The molecular weight excluding hydrogens is 433 g/mol. The monoisotopic (exact) mass is 451 g/mol. The summed E-state index contributed by atoms with van der Waals surface area (Å²) in [6, 6.07) is 9.84. The Morgan fingerprint density at radius 1 is 1.21 bits per heavy atom. The smallest absolute Gasteiger partial charge is 0.233 e. The third-order valence-corrected chi connectivity index (χ3v) is 7.32. The molecule has 2 aromatic carbocycles. The number of rotatable bonds is 5. The number of aromatic nitrogens is 1. The fraction of sp³-hybridized carbons (Fsp3) is 0.300.